The second-order valence-electron chi connectivity index (χ2n) is 5.18. The molecule has 0 spiro atoms. The van der Waals surface area contributed by atoms with Crippen molar-refractivity contribution in [2.75, 3.05) is 29.9 Å². The average Bonchev–Trinajstić information content (AvgIpc) is 2.56. The number of hydrogen-bond donors (Lipinski definition) is 2. The minimum Gasteiger partial charge on any atom is -0.356 e. The first-order valence-corrected chi connectivity index (χ1v) is 9.29. The van der Waals surface area contributed by atoms with E-state index in [0.717, 1.165) is 24.5 Å². The van der Waals surface area contributed by atoms with Gasteiger partial charge in [0.15, 0.2) is 5.82 Å². The van der Waals surface area contributed by atoms with Crippen LogP contribution in [0.3, 0.4) is 0 Å². The molecule has 1 aromatic carbocycles. The molecular weight excluding hydrogens is 328 g/mol. The van der Waals surface area contributed by atoms with Crippen LogP contribution in [0.4, 0.5) is 11.8 Å². The van der Waals surface area contributed by atoms with Crippen LogP contribution in [0, 0.1) is 0 Å². The Labute approximate surface area is 142 Å². The van der Waals surface area contributed by atoms with Crippen molar-refractivity contribution in [1.29, 1.82) is 0 Å². The molecule has 2 aromatic rings. The summed E-state index contributed by atoms with van der Waals surface area (Å²) < 4.78 is 22.4. The largest absolute Gasteiger partial charge is 0.356 e. The monoisotopic (exact) mass is 350 g/mol. The highest BCUT2D eigenvalue weighted by atomic mass is 32.2. The number of aromatic nitrogens is 3. The van der Waals surface area contributed by atoms with Crippen molar-refractivity contribution in [1.82, 2.24) is 15.2 Å². The van der Waals surface area contributed by atoms with Gasteiger partial charge in [-0.2, -0.15) is 10.1 Å². The van der Waals surface area contributed by atoms with E-state index in [1.807, 2.05) is 0 Å². The van der Waals surface area contributed by atoms with Gasteiger partial charge in [0.2, 0.25) is 16.0 Å². The third-order valence-electron chi connectivity index (χ3n) is 3.58. The first-order valence-electron chi connectivity index (χ1n) is 7.74. The fourth-order valence-corrected chi connectivity index (χ4v) is 2.75. The highest BCUT2D eigenvalue weighted by Crippen LogP contribution is 2.11. The smallest absolute Gasteiger partial charge is 0.244 e. The quantitative estimate of drug-likeness (QED) is 0.730. The van der Waals surface area contributed by atoms with Crippen LogP contribution in [-0.4, -0.2) is 43.2 Å². The Morgan fingerprint density at radius 2 is 1.83 bits per heavy atom. The summed E-state index contributed by atoms with van der Waals surface area (Å²) in [6.07, 6.45) is 2.34. The fraction of sp³-hybridized carbons (Fsp3) is 0.400. The van der Waals surface area contributed by atoms with Crippen molar-refractivity contribution >= 4 is 21.8 Å². The molecular formula is C15H22N6O2S. The van der Waals surface area contributed by atoms with E-state index in [4.69, 9.17) is 5.14 Å². The highest BCUT2D eigenvalue weighted by Gasteiger charge is 2.08. The lowest BCUT2D eigenvalue weighted by Gasteiger charge is -2.19. The summed E-state index contributed by atoms with van der Waals surface area (Å²) >= 11 is 0. The third kappa shape index (κ3) is 4.87. The van der Waals surface area contributed by atoms with Gasteiger partial charge in [0, 0.05) is 19.6 Å². The number of sulfonamides is 1. The van der Waals surface area contributed by atoms with Gasteiger partial charge < -0.3 is 10.2 Å². The maximum Gasteiger partial charge on any atom is 0.244 e. The molecule has 1 aromatic heterocycles. The van der Waals surface area contributed by atoms with Gasteiger partial charge in [-0.05, 0) is 38.0 Å². The number of hydrogen-bond acceptors (Lipinski definition) is 7. The topological polar surface area (TPSA) is 114 Å². The molecule has 3 N–H and O–H groups in total. The van der Waals surface area contributed by atoms with Crippen molar-refractivity contribution in [3.05, 3.63) is 36.0 Å². The lowest BCUT2D eigenvalue weighted by Crippen LogP contribution is -2.24. The minimum absolute atomic E-state index is 0.110. The van der Waals surface area contributed by atoms with Crippen LogP contribution >= 0.6 is 0 Å². The summed E-state index contributed by atoms with van der Waals surface area (Å²) in [6, 6.07) is 6.49. The van der Waals surface area contributed by atoms with Crippen LogP contribution in [0.15, 0.2) is 35.4 Å². The van der Waals surface area contributed by atoms with Gasteiger partial charge in [-0.15, -0.1) is 5.10 Å². The average molecular weight is 350 g/mol. The molecule has 0 amide bonds. The molecule has 9 heteroatoms. The Balaban J connectivity index is 1.93. The Kier molecular flexibility index (Phi) is 6.04. The maximum atomic E-state index is 11.2. The third-order valence-corrected chi connectivity index (χ3v) is 4.51. The molecule has 2 rings (SSSR count). The van der Waals surface area contributed by atoms with Crippen molar-refractivity contribution in [2.24, 2.45) is 5.14 Å². The molecule has 0 saturated heterocycles. The van der Waals surface area contributed by atoms with E-state index in [1.165, 1.54) is 12.1 Å². The van der Waals surface area contributed by atoms with Gasteiger partial charge >= 0.3 is 0 Å². The molecule has 0 radical (unpaired) electrons. The number of nitrogens with two attached hydrogens (primary N) is 1. The number of primary sulfonamides is 1. The second kappa shape index (κ2) is 8.02. The molecule has 0 aliphatic carbocycles. The molecule has 1 heterocycles. The predicted molar refractivity (Wildman–Crippen MR) is 93.4 cm³/mol. The molecule has 8 nitrogen and oxygen atoms in total. The van der Waals surface area contributed by atoms with Crippen molar-refractivity contribution < 1.29 is 8.42 Å². The molecule has 0 aliphatic rings. The van der Waals surface area contributed by atoms with E-state index in [1.54, 1.807) is 18.3 Å². The normalized spacial score (nSPS) is 11.3. The number of nitrogens with one attached hydrogen (secondary N) is 1. The first kappa shape index (κ1) is 18.1. The molecule has 0 atom stereocenters. The van der Waals surface area contributed by atoms with Gasteiger partial charge in [-0.1, -0.05) is 12.1 Å². The fourth-order valence-electron chi connectivity index (χ4n) is 2.23. The van der Waals surface area contributed by atoms with Gasteiger partial charge in [-0.3, -0.25) is 0 Å². The van der Waals surface area contributed by atoms with Crippen LogP contribution in [0.1, 0.15) is 19.4 Å². The van der Waals surface area contributed by atoms with Gasteiger partial charge in [-0.25, -0.2) is 13.6 Å². The zero-order chi connectivity index (χ0) is 17.6. The summed E-state index contributed by atoms with van der Waals surface area (Å²) in [7, 11) is -3.65. The summed E-state index contributed by atoms with van der Waals surface area (Å²) in [4.78, 5) is 6.64. The van der Waals surface area contributed by atoms with E-state index in [2.05, 4.69) is 39.2 Å². The Morgan fingerprint density at radius 1 is 1.17 bits per heavy atom. The van der Waals surface area contributed by atoms with Crippen LogP contribution in [0.25, 0.3) is 0 Å². The molecule has 24 heavy (non-hydrogen) atoms. The molecule has 0 aliphatic heterocycles. The van der Waals surface area contributed by atoms with E-state index in [9.17, 15) is 8.42 Å². The molecule has 0 saturated carbocycles. The van der Waals surface area contributed by atoms with E-state index in [0.29, 0.717) is 18.9 Å². The summed E-state index contributed by atoms with van der Waals surface area (Å²) in [5.74, 6) is 1.26. The zero-order valence-corrected chi connectivity index (χ0v) is 14.6. The van der Waals surface area contributed by atoms with E-state index < -0.39 is 10.0 Å². The highest BCUT2D eigenvalue weighted by molar-refractivity contribution is 7.89. The van der Waals surface area contributed by atoms with Gasteiger partial charge in [0.05, 0.1) is 11.1 Å². The van der Waals surface area contributed by atoms with Crippen molar-refractivity contribution in [3.8, 4) is 0 Å². The molecule has 130 valence electrons. The maximum absolute atomic E-state index is 11.2. The van der Waals surface area contributed by atoms with Crippen LogP contribution in [0.5, 0.6) is 0 Å². The second-order valence-corrected chi connectivity index (χ2v) is 6.74. The molecule has 0 unspecified atom stereocenters. The first-order chi connectivity index (χ1) is 11.4. The van der Waals surface area contributed by atoms with Crippen molar-refractivity contribution in [3.63, 3.8) is 0 Å². The zero-order valence-electron chi connectivity index (χ0n) is 13.8. The Morgan fingerprint density at radius 3 is 2.42 bits per heavy atom. The summed E-state index contributed by atoms with van der Waals surface area (Å²) in [5, 5.41) is 16.1. The Hall–Kier alpha value is -2.26. The molecule has 0 fully saturated rings. The van der Waals surface area contributed by atoms with Gasteiger partial charge in [0.1, 0.15) is 0 Å². The minimum atomic E-state index is -3.65. The van der Waals surface area contributed by atoms with E-state index >= 15 is 0 Å². The molecule has 0 bridgehead atoms. The van der Waals surface area contributed by atoms with Crippen LogP contribution in [0.2, 0.25) is 0 Å². The number of nitrogens with zero attached hydrogens (tertiary/aromatic N) is 4. The lowest BCUT2D eigenvalue weighted by molar-refractivity contribution is 0.598. The van der Waals surface area contributed by atoms with Crippen molar-refractivity contribution in [2.45, 2.75) is 25.2 Å². The number of rotatable bonds is 8. The lowest BCUT2D eigenvalue weighted by atomic mass is 10.1. The standard InChI is InChI=1S/C15H22N6O2S/c1-3-21(4-2)14-11-18-20-15(19-14)17-10-9-12-5-7-13(8-6-12)24(16,22)23/h5-8,11H,3-4,9-10H2,1-2H3,(H2,16,22,23)(H,17,19,20). The predicted octanol–water partition coefficient (Wildman–Crippen LogP) is 1.02. The Bertz CT molecular complexity index is 760. The number of anilines is 2. The summed E-state index contributed by atoms with van der Waals surface area (Å²) in [6.45, 7) is 6.43. The van der Waals surface area contributed by atoms with E-state index in [-0.39, 0.29) is 4.90 Å². The van der Waals surface area contributed by atoms with Crippen LogP contribution < -0.4 is 15.4 Å². The SMILES string of the molecule is CCN(CC)c1cnnc(NCCc2ccc(S(N)(=O)=O)cc2)n1. The van der Waals surface area contributed by atoms with Crippen LogP contribution in [-0.2, 0) is 16.4 Å². The van der Waals surface area contributed by atoms with Gasteiger partial charge in [0.25, 0.3) is 0 Å². The number of benzene rings is 1. The summed E-state index contributed by atoms with van der Waals surface area (Å²) in [5.41, 5.74) is 0.989.